The second-order valence-electron chi connectivity index (χ2n) is 5.82. The van der Waals surface area contributed by atoms with Crippen LogP contribution in [0.3, 0.4) is 0 Å². The molecule has 140 valence electrons. The summed E-state index contributed by atoms with van der Waals surface area (Å²) in [5.41, 5.74) is 2.69. The largest absolute Gasteiger partial charge is 0.359 e. The molecular formula is C19H26IN5O. The standard InChI is InChI=1S/C19H25N5O.HI/c1-4-16(5-2)18-10-17(25-24-18)13-23-19(21-3)22-12-15-8-6-7-14(9-15)11-20;/h6-10,16H,4-5,12-13H2,1-3H3,(H2,21,22,23);1H. The van der Waals surface area contributed by atoms with E-state index >= 15 is 0 Å². The summed E-state index contributed by atoms with van der Waals surface area (Å²) in [6, 6.07) is 11.6. The van der Waals surface area contributed by atoms with Crippen molar-refractivity contribution >= 4 is 29.9 Å². The minimum Gasteiger partial charge on any atom is -0.359 e. The van der Waals surface area contributed by atoms with Gasteiger partial charge in [-0.05, 0) is 30.5 Å². The number of halogens is 1. The quantitative estimate of drug-likeness (QED) is 0.366. The van der Waals surface area contributed by atoms with Crippen LogP contribution in [0.4, 0.5) is 0 Å². The maximum Gasteiger partial charge on any atom is 0.191 e. The Morgan fingerprint density at radius 2 is 1.96 bits per heavy atom. The molecule has 26 heavy (non-hydrogen) atoms. The minimum atomic E-state index is 0. The summed E-state index contributed by atoms with van der Waals surface area (Å²) in [6.07, 6.45) is 2.11. The molecule has 1 aromatic carbocycles. The van der Waals surface area contributed by atoms with Crippen molar-refractivity contribution in [2.75, 3.05) is 7.05 Å². The van der Waals surface area contributed by atoms with Crippen molar-refractivity contribution in [1.82, 2.24) is 15.8 Å². The second-order valence-corrected chi connectivity index (χ2v) is 5.82. The molecule has 0 amide bonds. The average molecular weight is 467 g/mol. The molecule has 0 bridgehead atoms. The van der Waals surface area contributed by atoms with E-state index in [2.05, 4.69) is 40.7 Å². The summed E-state index contributed by atoms with van der Waals surface area (Å²) >= 11 is 0. The number of nitrogens with one attached hydrogen (secondary N) is 2. The summed E-state index contributed by atoms with van der Waals surface area (Å²) in [7, 11) is 1.72. The van der Waals surface area contributed by atoms with Crippen LogP contribution in [0.1, 0.15) is 55.2 Å². The monoisotopic (exact) mass is 467 g/mol. The minimum absolute atomic E-state index is 0. The zero-order chi connectivity index (χ0) is 18.1. The van der Waals surface area contributed by atoms with Crippen LogP contribution < -0.4 is 10.6 Å². The van der Waals surface area contributed by atoms with E-state index in [0.717, 1.165) is 29.9 Å². The molecule has 0 saturated carbocycles. The van der Waals surface area contributed by atoms with Crippen molar-refractivity contribution in [3.8, 4) is 6.07 Å². The summed E-state index contributed by atoms with van der Waals surface area (Å²) in [5.74, 6) is 1.90. The lowest BCUT2D eigenvalue weighted by Gasteiger charge is -2.11. The second kappa shape index (κ2) is 11.5. The third kappa shape index (κ3) is 6.33. The summed E-state index contributed by atoms with van der Waals surface area (Å²) in [4.78, 5) is 4.20. The number of nitriles is 1. The molecule has 2 rings (SSSR count). The van der Waals surface area contributed by atoms with Gasteiger partial charge in [0.15, 0.2) is 11.7 Å². The van der Waals surface area contributed by atoms with Crippen molar-refractivity contribution in [2.24, 2.45) is 4.99 Å². The first kappa shape index (κ1) is 22.0. The van der Waals surface area contributed by atoms with E-state index in [4.69, 9.17) is 9.78 Å². The molecule has 1 heterocycles. The Balaban J connectivity index is 0.00000338. The fraction of sp³-hybridized carbons (Fsp3) is 0.421. The topological polar surface area (TPSA) is 86.2 Å². The Morgan fingerprint density at radius 1 is 1.23 bits per heavy atom. The molecule has 0 unspecified atom stereocenters. The predicted octanol–water partition coefficient (Wildman–Crippen LogP) is 3.93. The van der Waals surface area contributed by atoms with Crippen molar-refractivity contribution in [3.63, 3.8) is 0 Å². The lowest BCUT2D eigenvalue weighted by molar-refractivity contribution is 0.368. The third-order valence-corrected chi connectivity index (χ3v) is 4.15. The fourth-order valence-electron chi connectivity index (χ4n) is 2.64. The van der Waals surface area contributed by atoms with Crippen LogP contribution in [0.15, 0.2) is 39.8 Å². The van der Waals surface area contributed by atoms with E-state index in [1.807, 2.05) is 24.3 Å². The van der Waals surface area contributed by atoms with Gasteiger partial charge in [-0.25, -0.2) is 0 Å². The first-order valence-electron chi connectivity index (χ1n) is 8.59. The highest BCUT2D eigenvalue weighted by molar-refractivity contribution is 14.0. The van der Waals surface area contributed by atoms with Crippen LogP contribution in [-0.4, -0.2) is 18.2 Å². The van der Waals surface area contributed by atoms with Crippen LogP contribution >= 0.6 is 24.0 Å². The van der Waals surface area contributed by atoms with Gasteiger partial charge in [0.05, 0.1) is 23.9 Å². The number of aromatic nitrogens is 1. The zero-order valence-electron chi connectivity index (χ0n) is 15.5. The molecule has 1 aromatic heterocycles. The van der Waals surface area contributed by atoms with Crippen molar-refractivity contribution in [3.05, 3.63) is 52.9 Å². The fourth-order valence-corrected chi connectivity index (χ4v) is 2.64. The summed E-state index contributed by atoms with van der Waals surface area (Å²) < 4.78 is 5.41. The number of rotatable bonds is 7. The van der Waals surface area contributed by atoms with E-state index in [1.54, 1.807) is 13.1 Å². The Kier molecular flexibility index (Phi) is 9.73. The highest BCUT2D eigenvalue weighted by Crippen LogP contribution is 2.22. The smallest absolute Gasteiger partial charge is 0.191 e. The van der Waals surface area contributed by atoms with Gasteiger partial charge in [-0.1, -0.05) is 31.1 Å². The van der Waals surface area contributed by atoms with Gasteiger partial charge in [-0.15, -0.1) is 24.0 Å². The van der Waals surface area contributed by atoms with Crippen LogP contribution in [0.5, 0.6) is 0 Å². The van der Waals surface area contributed by atoms with Crippen LogP contribution in [0.2, 0.25) is 0 Å². The van der Waals surface area contributed by atoms with Crippen molar-refractivity contribution in [1.29, 1.82) is 5.26 Å². The molecule has 7 heteroatoms. The molecule has 0 aliphatic carbocycles. The lowest BCUT2D eigenvalue weighted by atomic mass is 9.99. The Morgan fingerprint density at radius 3 is 2.62 bits per heavy atom. The SMILES string of the molecule is CCC(CC)c1cc(CNC(=NC)NCc2cccc(C#N)c2)on1.I. The molecule has 0 spiro atoms. The Bertz CT molecular complexity index is 746. The van der Waals surface area contributed by atoms with E-state index in [0.29, 0.717) is 30.5 Å². The number of aliphatic imine (C=N–C) groups is 1. The predicted molar refractivity (Wildman–Crippen MR) is 113 cm³/mol. The van der Waals surface area contributed by atoms with Crippen LogP contribution in [0.25, 0.3) is 0 Å². The third-order valence-electron chi connectivity index (χ3n) is 4.15. The highest BCUT2D eigenvalue weighted by Gasteiger charge is 2.13. The Labute approximate surface area is 172 Å². The number of guanidine groups is 1. The summed E-state index contributed by atoms with van der Waals surface area (Å²) in [6.45, 7) is 5.43. The maximum absolute atomic E-state index is 8.95. The van der Waals surface area contributed by atoms with Gasteiger partial charge in [0.25, 0.3) is 0 Å². The first-order chi connectivity index (χ1) is 12.2. The van der Waals surface area contributed by atoms with Crippen molar-refractivity contribution in [2.45, 2.75) is 45.7 Å². The molecule has 0 fully saturated rings. The molecular weight excluding hydrogens is 441 g/mol. The van der Waals surface area contributed by atoms with Gasteiger partial charge in [0.2, 0.25) is 0 Å². The van der Waals surface area contributed by atoms with Crippen LogP contribution in [-0.2, 0) is 13.1 Å². The van der Waals surface area contributed by atoms with Crippen molar-refractivity contribution < 1.29 is 4.52 Å². The molecule has 0 aliphatic heterocycles. The van der Waals surface area contributed by atoms with E-state index < -0.39 is 0 Å². The van der Waals surface area contributed by atoms with Crippen LogP contribution in [0, 0.1) is 11.3 Å². The molecule has 6 nitrogen and oxygen atoms in total. The number of nitrogens with zero attached hydrogens (tertiary/aromatic N) is 3. The number of hydrogen-bond donors (Lipinski definition) is 2. The van der Waals surface area contributed by atoms with Gasteiger partial charge in [-0.3, -0.25) is 4.99 Å². The Hall–Kier alpha value is -2.08. The first-order valence-corrected chi connectivity index (χ1v) is 8.59. The average Bonchev–Trinajstić information content (AvgIpc) is 3.12. The molecule has 0 radical (unpaired) electrons. The lowest BCUT2D eigenvalue weighted by Crippen LogP contribution is -2.36. The molecule has 0 atom stereocenters. The van der Waals surface area contributed by atoms with E-state index in [-0.39, 0.29) is 24.0 Å². The van der Waals surface area contributed by atoms with E-state index in [1.165, 1.54) is 0 Å². The molecule has 0 aliphatic rings. The molecule has 0 saturated heterocycles. The van der Waals surface area contributed by atoms with Gasteiger partial charge in [0.1, 0.15) is 0 Å². The zero-order valence-corrected chi connectivity index (χ0v) is 17.8. The highest BCUT2D eigenvalue weighted by atomic mass is 127. The molecule has 2 N–H and O–H groups in total. The number of hydrogen-bond acceptors (Lipinski definition) is 4. The summed E-state index contributed by atoms with van der Waals surface area (Å²) in [5, 5.41) is 19.6. The normalized spacial score (nSPS) is 11.0. The van der Waals surface area contributed by atoms with Gasteiger partial charge >= 0.3 is 0 Å². The van der Waals surface area contributed by atoms with Gasteiger partial charge in [-0.2, -0.15) is 5.26 Å². The number of benzene rings is 1. The maximum atomic E-state index is 8.95. The molecule has 2 aromatic rings. The van der Waals surface area contributed by atoms with Gasteiger partial charge < -0.3 is 15.2 Å². The van der Waals surface area contributed by atoms with E-state index in [9.17, 15) is 0 Å². The van der Waals surface area contributed by atoms with Gasteiger partial charge in [0, 0.05) is 25.6 Å².